The van der Waals surface area contributed by atoms with Crippen LogP contribution in [0.5, 0.6) is 0 Å². The van der Waals surface area contributed by atoms with Crippen LogP contribution in [0.1, 0.15) is 38.3 Å². The van der Waals surface area contributed by atoms with Crippen molar-refractivity contribution in [2.75, 3.05) is 12.3 Å². The Morgan fingerprint density at radius 1 is 1.62 bits per heavy atom. The molecule has 1 aromatic rings. The molecule has 1 aliphatic rings. The molecule has 0 aromatic carbocycles. The van der Waals surface area contributed by atoms with Gasteiger partial charge in [-0.3, -0.25) is 0 Å². The number of hydrogen-bond donors (Lipinski definition) is 2. The third-order valence-electron chi connectivity index (χ3n) is 3.37. The molecule has 0 amide bonds. The molecule has 2 rings (SSSR count). The van der Waals surface area contributed by atoms with Gasteiger partial charge in [0, 0.05) is 17.8 Å². The number of nitrogens with one attached hydrogen (secondary N) is 1. The highest BCUT2D eigenvalue weighted by Crippen LogP contribution is 2.55. The van der Waals surface area contributed by atoms with Crippen LogP contribution in [-0.4, -0.2) is 11.5 Å². The summed E-state index contributed by atoms with van der Waals surface area (Å²) in [4.78, 5) is 4.13. The SMILES string of the molecule is CCNC(c1cc(Cl)cnc1N)C1(C)CC1. The summed E-state index contributed by atoms with van der Waals surface area (Å²) in [6.45, 7) is 5.31. The van der Waals surface area contributed by atoms with Crippen LogP contribution in [0.15, 0.2) is 12.3 Å². The molecule has 0 bridgehead atoms. The standard InChI is InChI=1S/C12H18ClN3/c1-3-15-10(12(2)4-5-12)9-6-8(13)7-16-11(9)14/h6-7,10,15H,3-5H2,1-2H3,(H2,14,16). The van der Waals surface area contributed by atoms with Gasteiger partial charge >= 0.3 is 0 Å². The number of aromatic nitrogens is 1. The van der Waals surface area contributed by atoms with Gasteiger partial charge in [-0.2, -0.15) is 0 Å². The predicted octanol–water partition coefficient (Wildman–Crippen LogP) is 2.77. The van der Waals surface area contributed by atoms with Crippen molar-refractivity contribution in [3.63, 3.8) is 0 Å². The molecule has 3 nitrogen and oxygen atoms in total. The van der Waals surface area contributed by atoms with Gasteiger partial charge in [-0.05, 0) is 30.9 Å². The van der Waals surface area contributed by atoms with E-state index in [1.165, 1.54) is 12.8 Å². The number of nitrogens with two attached hydrogens (primary N) is 1. The molecular weight excluding hydrogens is 222 g/mol. The van der Waals surface area contributed by atoms with E-state index in [9.17, 15) is 0 Å². The van der Waals surface area contributed by atoms with Gasteiger partial charge < -0.3 is 11.1 Å². The van der Waals surface area contributed by atoms with Gasteiger partial charge in [-0.15, -0.1) is 0 Å². The van der Waals surface area contributed by atoms with Crippen molar-refractivity contribution < 1.29 is 0 Å². The summed E-state index contributed by atoms with van der Waals surface area (Å²) in [5.74, 6) is 0.587. The second-order valence-corrected chi connectivity index (χ2v) is 5.21. The summed E-state index contributed by atoms with van der Waals surface area (Å²) in [5.41, 5.74) is 7.29. The molecule has 16 heavy (non-hydrogen) atoms. The molecule has 0 aliphatic heterocycles. The van der Waals surface area contributed by atoms with Crippen molar-refractivity contribution in [1.82, 2.24) is 10.3 Å². The predicted molar refractivity (Wildman–Crippen MR) is 67.4 cm³/mol. The van der Waals surface area contributed by atoms with Crippen LogP contribution in [-0.2, 0) is 0 Å². The van der Waals surface area contributed by atoms with E-state index in [2.05, 4.69) is 24.1 Å². The summed E-state index contributed by atoms with van der Waals surface area (Å²) in [6, 6.07) is 2.20. The van der Waals surface area contributed by atoms with Gasteiger partial charge in [0.25, 0.3) is 0 Å². The van der Waals surface area contributed by atoms with Crippen LogP contribution in [0.25, 0.3) is 0 Å². The van der Waals surface area contributed by atoms with E-state index in [1.807, 2.05) is 6.07 Å². The Morgan fingerprint density at radius 2 is 2.31 bits per heavy atom. The topological polar surface area (TPSA) is 50.9 Å². The first-order valence-electron chi connectivity index (χ1n) is 5.71. The Balaban J connectivity index is 2.34. The van der Waals surface area contributed by atoms with Crippen LogP contribution in [0, 0.1) is 5.41 Å². The normalized spacial score (nSPS) is 19.4. The molecule has 1 saturated carbocycles. The van der Waals surface area contributed by atoms with E-state index < -0.39 is 0 Å². The second kappa shape index (κ2) is 4.22. The molecular formula is C12H18ClN3. The van der Waals surface area contributed by atoms with Crippen LogP contribution in [0.4, 0.5) is 5.82 Å². The van der Waals surface area contributed by atoms with Crippen molar-refractivity contribution in [2.45, 2.75) is 32.7 Å². The molecule has 0 spiro atoms. The van der Waals surface area contributed by atoms with E-state index in [0.29, 0.717) is 16.3 Å². The van der Waals surface area contributed by atoms with Gasteiger partial charge in [0.05, 0.1) is 5.02 Å². The first-order chi connectivity index (χ1) is 7.57. The Hall–Kier alpha value is -0.800. The Kier molecular flexibility index (Phi) is 3.08. The lowest BCUT2D eigenvalue weighted by Gasteiger charge is -2.25. The zero-order valence-electron chi connectivity index (χ0n) is 9.76. The summed E-state index contributed by atoms with van der Waals surface area (Å²) in [6.07, 6.45) is 4.06. The minimum Gasteiger partial charge on any atom is -0.383 e. The van der Waals surface area contributed by atoms with Crippen molar-refractivity contribution >= 4 is 17.4 Å². The minimum atomic E-state index is 0.267. The molecule has 88 valence electrons. The van der Waals surface area contributed by atoms with Gasteiger partial charge in [-0.1, -0.05) is 25.4 Å². The second-order valence-electron chi connectivity index (χ2n) is 4.77. The number of anilines is 1. The molecule has 1 unspecified atom stereocenters. The van der Waals surface area contributed by atoms with Crippen LogP contribution in [0.3, 0.4) is 0 Å². The molecule has 0 saturated heterocycles. The minimum absolute atomic E-state index is 0.267. The summed E-state index contributed by atoms with van der Waals surface area (Å²) in [5, 5.41) is 4.14. The number of pyridine rings is 1. The lowest BCUT2D eigenvalue weighted by Crippen LogP contribution is -2.28. The Labute approximate surface area is 101 Å². The molecule has 1 heterocycles. The maximum absolute atomic E-state index is 5.99. The van der Waals surface area contributed by atoms with Crippen molar-refractivity contribution in [3.05, 3.63) is 22.8 Å². The summed E-state index contributed by atoms with van der Waals surface area (Å²) >= 11 is 5.99. The maximum atomic E-state index is 5.99. The smallest absolute Gasteiger partial charge is 0.128 e. The monoisotopic (exact) mass is 239 g/mol. The highest BCUT2D eigenvalue weighted by molar-refractivity contribution is 6.30. The number of nitrogen functional groups attached to an aromatic ring is 1. The molecule has 1 atom stereocenters. The fraction of sp³-hybridized carbons (Fsp3) is 0.583. The molecule has 1 aromatic heterocycles. The van der Waals surface area contributed by atoms with E-state index in [-0.39, 0.29) is 6.04 Å². The highest BCUT2D eigenvalue weighted by atomic mass is 35.5. The van der Waals surface area contributed by atoms with Gasteiger partial charge in [0.2, 0.25) is 0 Å². The first kappa shape index (κ1) is 11.7. The lowest BCUT2D eigenvalue weighted by atomic mass is 9.92. The quantitative estimate of drug-likeness (QED) is 0.850. The van der Waals surface area contributed by atoms with Gasteiger partial charge in [-0.25, -0.2) is 4.98 Å². The molecule has 4 heteroatoms. The average Bonchev–Trinajstić information content (AvgIpc) is 2.98. The molecule has 0 radical (unpaired) electrons. The molecule has 1 aliphatic carbocycles. The highest BCUT2D eigenvalue weighted by Gasteiger charge is 2.45. The van der Waals surface area contributed by atoms with E-state index in [0.717, 1.165) is 12.1 Å². The van der Waals surface area contributed by atoms with Crippen molar-refractivity contribution in [1.29, 1.82) is 0 Å². The average molecular weight is 240 g/mol. The summed E-state index contributed by atoms with van der Waals surface area (Å²) in [7, 11) is 0. The van der Waals surface area contributed by atoms with Crippen LogP contribution in [0.2, 0.25) is 5.02 Å². The third-order valence-corrected chi connectivity index (χ3v) is 3.58. The molecule has 1 fully saturated rings. The van der Waals surface area contributed by atoms with E-state index in [4.69, 9.17) is 17.3 Å². The summed E-state index contributed by atoms with van der Waals surface area (Å²) < 4.78 is 0. The first-order valence-corrected chi connectivity index (χ1v) is 6.09. The Bertz CT molecular complexity index is 388. The number of nitrogens with zero attached hydrogens (tertiary/aromatic N) is 1. The zero-order valence-corrected chi connectivity index (χ0v) is 10.5. The largest absolute Gasteiger partial charge is 0.383 e. The van der Waals surface area contributed by atoms with Crippen molar-refractivity contribution in [3.8, 4) is 0 Å². The third kappa shape index (κ3) is 2.15. The number of halogens is 1. The van der Waals surface area contributed by atoms with Crippen molar-refractivity contribution in [2.24, 2.45) is 5.41 Å². The van der Waals surface area contributed by atoms with Crippen LogP contribution < -0.4 is 11.1 Å². The fourth-order valence-corrected chi connectivity index (χ4v) is 2.28. The fourth-order valence-electron chi connectivity index (χ4n) is 2.12. The number of rotatable bonds is 4. The van der Waals surface area contributed by atoms with E-state index >= 15 is 0 Å². The van der Waals surface area contributed by atoms with Gasteiger partial charge in [0.1, 0.15) is 5.82 Å². The maximum Gasteiger partial charge on any atom is 0.128 e. The van der Waals surface area contributed by atoms with E-state index in [1.54, 1.807) is 6.20 Å². The lowest BCUT2D eigenvalue weighted by molar-refractivity contribution is 0.374. The number of hydrogen-bond acceptors (Lipinski definition) is 3. The Morgan fingerprint density at radius 3 is 2.88 bits per heavy atom. The zero-order chi connectivity index (χ0) is 11.8. The molecule has 3 N–H and O–H groups in total. The van der Waals surface area contributed by atoms with Gasteiger partial charge in [0.15, 0.2) is 0 Å². The van der Waals surface area contributed by atoms with Crippen LogP contribution >= 0.6 is 11.6 Å².